The van der Waals surface area contributed by atoms with Gasteiger partial charge in [0.25, 0.3) is 5.91 Å². The molecule has 3 aromatic rings. The van der Waals surface area contributed by atoms with E-state index in [4.69, 9.17) is 16.4 Å². The summed E-state index contributed by atoms with van der Waals surface area (Å²) in [5.41, 5.74) is -0.455. The third-order valence-corrected chi connectivity index (χ3v) is 5.79. The van der Waals surface area contributed by atoms with Crippen LogP contribution in [-0.2, 0) is 27.8 Å². The first-order chi connectivity index (χ1) is 17.1. The van der Waals surface area contributed by atoms with E-state index in [9.17, 15) is 27.2 Å². The van der Waals surface area contributed by atoms with E-state index in [0.717, 1.165) is 12.1 Å². The van der Waals surface area contributed by atoms with Crippen molar-refractivity contribution in [3.63, 3.8) is 0 Å². The molecule has 0 bridgehead atoms. The highest BCUT2D eigenvalue weighted by atomic mass is 35.5. The second-order valence-corrected chi connectivity index (χ2v) is 8.52. The number of carbonyl (C=O) groups excluding carboxylic acids is 2. The number of nitrogens with one attached hydrogen (secondary N) is 3. The standard InChI is InChI=1S/C24H19ClF4N4O3/c25-17-6-7-20(30-12-17)23(11-14-4-2-1-3-5-14,32-22(35)31-19-13-36-33-21(19)34)15-8-16(24(27,28)29)10-18(26)9-15/h1-10,12,19H,11,13H2,(H,33,34)(H2,31,32,35)/t19?,23-/m0/s1. The zero-order valence-corrected chi connectivity index (χ0v) is 19.2. The fraction of sp³-hybridized carbons (Fsp3) is 0.208. The minimum Gasteiger partial charge on any atom is -0.324 e. The van der Waals surface area contributed by atoms with Crippen LogP contribution >= 0.6 is 11.6 Å². The van der Waals surface area contributed by atoms with Crippen LogP contribution in [-0.4, -0.2) is 29.6 Å². The zero-order valence-electron chi connectivity index (χ0n) is 18.4. The molecule has 3 amide bonds. The Labute approximate surface area is 207 Å². The first-order valence-electron chi connectivity index (χ1n) is 10.6. The van der Waals surface area contributed by atoms with Crippen molar-refractivity contribution in [1.29, 1.82) is 0 Å². The molecule has 1 saturated heterocycles. The van der Waals surface area contributed by atoms with Gasteiger partial charge in [0.1, 0.15) is 24.0 Å². The SMILES string of the molecule is O=C(NC1CONC1=O)N[C@@](Cc1ccccc1)(c1cc(F)cc(C(F)(F)F)c1)c1ccc(Cl)cn1. The molecule has 2 aromatic carbocycles. The summed E-state index contributed by atoms with van der Waals surface area (Å²) >= 11 is 5.98. The number of nitrogens with zero attached hydrogens (tertiary/aromatic N) is 1. The number of hydroxylamine groups is 1. The number of carbonyl (C=O) groups is 2. The maximum atomic E-state index is 14.6. The van der Waals surface area contributed by atoms with Crippen molar-refractivity contribution >= 4 is 23.5 Å². The van der Waals surface area contributed by atoms with Crippen molar-refractivity contribution in [3.05, 3.63) is 100 Å². The third kappa shape index (κ3) is 5.58. The largest absolute Gasteiger partial charge is 0.416 e. The number of alkyl halides is 3. The summed E-state index contributed by atoms with van der Waals surface area (Å²) in [6.07, 6.45) is -3.70. The second kappa shape index (κ2) is 10.1. The lowest BCUT2D eigenvalue weighted by atomic mass is 9.79. The monoisotopic (exact) mass is 522 g/mol. The van der Waals surface area contributed by atoms with Crippen LogP contribution in [0.15, 0.2) is 66.9 Å². The molecule has 1 unspecified atom stereocenters. The molecule has 0 aliphatic carbocycles. The highest BCUT2D eigenvalue weighted by Gasteiger charge is 2.41. The van der Waals surface area contributed by atoms with Crippen molar-refractivity contribution < 1.29 is 32.0 Å². The molecule has 1 aliphatic heterocycles. The molecule has 188 valence electrons. The molecule has 36 heavy (non-hydrogen) atoms. The Kier molecular flexibility index (Phi) is 7.14. The van der Waals surface area contributed by atoms with E-state index in [-0.39, 0.29) is 29.3 Å². The van der Waals surface area contributed by atoms with Gasteiger partial charge in [-0.1, -0.05) is 41.9 Å². The van der Waals surface area contributed by atoms with E-state index in [2.05, 4.69) is 21.1 Å². The predicted octanol–water partition coefficient (Wildman–Crippen LogP) is 4.11. The van der Waals surface area contributed by atoms with Gasteiger partial charge in [-0.2, -0.15) is 13.2 Å². The summed E-state index contributed by atoms with van der Waals surface area (Å²) < 4.78 is 55.5. The number of hydrogen-bond donors (Lipinski definition) is 3. The van der Waals surface area contributed by atoms with Gasteiger partial charge < -0.3 is 10.6 Å². The number of amides is 3. The summed E-state index contributed by atoms with van der Waals surface area (Å²) in [5.74, 6) is -1.76. The van der Waals surface area contributed by atoms with Crippen LogP contribution in [0.4, 0.5) is 22.4 Å². The lowest BCUT2D eigenvalue weighted by molar-refractivity contribution is -0.137. The first kappa shape index (κ1) is 25.4. The molecule has 1 aromatic heterocycles. The van der Waals surface area contributed by atoms with E-state index < -0.39 is 41.1 Å². The molecular weight excluding hydrogens is 504 g/mol. The summed E-state index contributed by atoms with van der Waals surface area (Å²) in [5, 5.41) is 5.32. The number of rotatable bonds is 6. The summed E-state index contributed by atoms with van der Waals surface area (Å²) in [4.78, 5) is 34.0. The minimum atomic E-state index is -4.86. The molecule has 0 saturated carbocycles. The molecule has 0 radical (unpaired) electrons. The van der Waals surface area contributed by atoms with Crippen LogP contribution in [0.25, 0.3) is 0 Å². The van der Waals surface area contributed by atoms with Gasteiger partial charge in [-0.05, 0) is 41.5 Å². The van der Waals surface area contributed by atoms with Crippen LogP contribution in [0, 0.1) is 5.82 Å². The van der Waals surface area contributed by atoms with E-state index in [0.29, 0.717) is 11.6 Å². The highest BCUT2D eigenvalue weighted by molar-refractivity contribution is 6.30. The van der Waals surface area contributed by atoms with Gasteiger partial charge in [0.15, 0.2) is 0 Å². The average molecular weight is 523 g/mol. The molecule has 2 atom stereocenters. The number of hydrogen-bond acceptors (Lipinski definition) is 4. The van der Waals surface area contributed by atoms with Gasteiger partial charge >= 0.3 is 12.2 Å². The molecule has 0 spiro atoms. The van der Waals surface area contributed by atoms with E-state index in [1.165, 1.54) is 18.3 Å². The zero-order chi connectivity index (χ0) is 25.9. The normalized spacial score (nSPS) is 17.2. The summed E-state index contributed by atoms with van der Waals surface area (Å²) in [7, 11) is 0. The molecule has 3 N–H and O–H groups in total. The van der Waals surface area contributed by atoms with Crippen molar-refractivity contribution in [1.82, 2.24) is 21.1 Å². The number of aromatic nitrogens is 1. The van der Waals surface area contributed by atoms with Crippen LogP contribution in [0.2, 0.25) is 5.02 Å². The Balaban J connectivity index is 1.89. The Hall–Kier alpha value is -3.70. The lowest BCUT2D eigenvalue weighted by Crippen LogP contribution is -2.55. The second-order valence-electron chi connectivity index (χ2n) is 8.08. The molecule has 1 aliphatic rings. The van der Waals surface area contributed by atoms with Crippen LogP contribution in [0.3, 0.4) is 0 Å². The topological polar surface area (TPSA) is 92.4 Å². The van der Waals surface area contributed by atoms with Crippen LogP contribution in [0.1, 0.15) is 22.4 Å². The first-order valence-corrected chi connectivity index (χ1v) is 11.0. The molecule has 12 heteroatoms. The van der Waals surface area contributed by atoms with E-state index in [1.54, 1.807) is 30.3 Å². The Bertz CT molecular complexity index is 1260. The van der Waals surface area contributed by atoms with Crippen molar-refractivity contribution in [2.24, 2.45) is 0 Å². The van der Waals surface area contributed by atoms with Crippen molar-refractivity contribution in [3.8, 4) is 0 Å². The molecule has 1 fully saturated rings. The maximum absolute atomic E-state index is 14.6. The number of benzene rings is 2. The number of urea groups is 1. The molecule has 4 rings (SSSR count). The lowest BCUT2D eigenvalue weighted by Gasteiger charge is -2.36. The molecule has 2 heterocycles. The number of halogens is 5. The number of pyridine rings is 1. The van der Waals surface area contributed by atoms with E-state index >= 15 is 0 Å². The molecule has 7 nitrogen and oxygen atoms in total. The summed E-state index contributed by atoms with van der Waals surface area (Å²) in [6.45, 7) is -0.157. The Morgan fingerprint density at radius 1 is 1.11 bits per heavy atom. The summed E-state index contributed by atoms with van der Waals surface area (Å²) in [6, 6.07) is 11.5. The fourth-order valence-electron chi connectivity index (χ4n) is 3.89. The van der Waals surface area contributed by atoms with Gasteiger partial charge in [-0.3, -0.25) is 14.6 Å². The van der Waals surface area contributed by atoms with Gasteiger partial charge in [-0.25, -0.2) is 14.7 Å². The fourth-order valence-corrected chi connectivity index (χ4v) is 4.00. The van der Waals surface area contributed by atoms with Gasteiger partial charge in [0, 0.05) is 12.6 Å². The van der Waals surface area contributed by atoms with Crippen molar-refractivity contribution in [2.45, 2.75) is 24.2 Å². The Morgan fingerprint density at radius 2 is 1.83 bits per heavy atom. The average Bonchev–Trinajstić information content (AvgIpc) is 3.22. The van der Waals surface area contributed by atoms with E-state index in [1.807, 2.05) is 0 Å². The highest BCUT2D eigenvalue weighted by Crippen LogP contribution is 2.37. The molecular formula is C24H19ClF4N4O3. The van der Waals surface area contributed by atoms with Crippen LogP contribution < -0.4 is 16.1 Å². The quantitative estimate of drug-likeness (QED) is 0.425. The van der Waals surface area contributed by atoms with Gasteiger partial charge in [0.05, 0.1) is 16.3 Å². The van der Waals surface area contributed by atoms with Crippen LogP contribution in [0.5, 0.6) is 0 Å². The van der Waals surface area contributed by atoms with Gasteiger partial charge in [0.2, 0.25) is 0 Å². The maximum Gasteiger partial charge on any atom is 0.416 e. The third-order valence-electron chi connectivity index (χ3n) is 5.57. The minimum absolute atomic E-state index is 0.0942. The predicted molar refractivity (Wildman–Crippen MR) is 121 cm³/mol. The Morgan fingerprint density at radius 3 is 2.44 bits per heavy atom. The van der Waals surface area contributed by atoms with Gasteiger partial charge in [-0.15, -0.1) is 0 Å². The van der Waals surface area contributed by atoms with Crippen molar-refractivity contribution in [2.75, 3.05) is 6.61 Å². The smallest absolute Gasteiger partial charge is 0.324 e.